The number of ether oxygens (including phenoxy) is 1. The molecule has 3 amide bonds. The zero-order valence-corrected chi connectivity index (χ0v) is 19.9. The number of esters is 1. The zero-order valence-electron chi connectivity index (χ0n) is 19.2. The molecule has 1 N–H and O–H groups in total. The van der Waals surface area contributed by atoms with Gasteiger partial charge in [0.15, 0.2) is 12.4 Å². The fourth-order valence-electron chi connectivity index (χ4n) is 4.68. The van der Waals surface area contributed by atoms with Crippen LogP contribution in [0.5, 0.6) is 0 Å². The molecule has 1 saturated carbocycles. The molecule has 8 nitrogen and oxygen atoms in total. The minimum atomic E-state index is -1.13. The third-order valence-electron chi connectivity index (χ3n) is 6.49. The number of imide groups is 1. The van der Waals surface area contributed by atoms with E-state index in [0.717, 1.165) is 17.7 Å². The predicted molar refractivity (Wildman–Crippen MR) is 128 cm³/mol. The maximum absolute atomic E-state index is 12.9. The second-order valence-corrected chi connectivity index (χ2v) is 9.20. The van der Waals surface area contributed by atoms with Gasteiger partial charge in [0.25, 0.3) is 5.91 Å². The van der Waals surface area contributed by atoms with Gasteiger partial charge in [-0.1, -0.05) is 54.8 Å². The molecule has 9 heteroatoms. The molecule has 3 unspecified atom stereocenters. The van der Waals surface area contributed by atoms with Gasteiger partial charge in [-0.2, -0.15) is 0 Å². The molecule has 3 atom stereocenters. The summed E-state index contributed by atoms with van der Waals surface area (Å²) in [6, 6.07) is 11.9. The summed E-state index contributed by atoms with van der Waals surface area (Å²) in [6.07, 6.45) is 3.04. The maximum atomic E-state index is 12.9. The highest BCUT2D eigenvalue weighted by Crippen LogP contribution is 2.39. The largest absolute Gasteiger partial charge is 0.454 e. The Kier molecular flexibility index (Phi) is 7.31. The van der Waals surface area contributed by atoms with Crippen molar-refractivity contribution in [1.82, 2.24) is 4.90 Å². The summed E-state index contributed by atoms with van der Waals surface area (Å²) in [7, 11) is 0. The van der Waals surface area contributed by atoms with Gasteiger partial charge in [-0.05, 0) is 38.0 Å². The minimum absolute atomic E-state index is 0.188. The van der Waals surface area contributed by atoms with Gasteiger partial charge in [-0.15, -0.1) is 0 Å². The third kappa shape index (κ3) is 5.12. The van der Waals surface area contributed by atoms with Crippen LogP contribution in [0.2, 0.25) is 5.02 Å². The van der Waals surface area contributed by atoms with Gasteiger partial charge in [0, 0.05) is 16.1 Å². The first-order valence-corrected chi connectivity index (χ1v) is 11.9. The molecule has 1 heterocycles. The van der Waals surface area contributed by atoms with Crippen LogP contribution in [0.1, 0.15) is 48.5 Å². The van der Waals surface area contributed by atoms with Crippen LogP contribution in [0, 0.1) is 11.8 Å². The lowest BCUT2D eigenvalue weighted by molar-refractivity contribution is -0.159. The Bertz CT molecular complexity index is 1160. The van der Waals surface area contributed by atoms with Crippen molar-refractivity contribution in [2.75, 3.05) is 11.9 Å². The van der Waals surface area contributed by atoms with Crippen LogP contribution in [-0.2, 0) is 23.9 Å². The van der Waals surface area contributed by atoms with Gasteiger partial charge < -0.3 is 10.1 Å². The smallest absolute Gasteiger partial charge is 0.329 e. The Balaban J connectivity index is 1.39. The topological polar surface area (TPSA) is 110 Å². The highest BCUT2D eigenvalue weighted by atomic mass is 35.5. The number of amides is 3. The first-order chi connectivity index (χ1) is 16.8. The number of benzene rings is 2. The molecule has 2 aromatic carbocycles. The lowest BCUT2D eigenvalue weighted by Gasteiger charge is -2.21. The molecule has 2 aromatic rings. The van der Waals surface area contributed by atoms with E-state index < -0.39 is 24.5 Å². The zero-order chi connectivity index (χ0) is 25.1. The molecule has 1 aliphatic carbocycles. The van der Waals surface area contributed by atoms with Crippen molar-refractivity contribution >= 4 is 46.8 Å². The molecule has 2 fully saturated rings. The molecule has 182 valence electrons. The standard InChI is InChI=1S/C26H25ClN2O6/c1-15(29-24(32)18-9-5-6-10-19(18)25(29)33)26(34)35-14-22(30)28-21-12-11-17(27)13-20(21)23(31)16-7-3-2-4-8-16/h2-4,7-8,11-13,15,18-19H,5-6,9-10,14H2,1H3,(H,28,30). The number of hydrogen-bond acceptors (Lipinski definition) is 6. The van der Waals surface area contributed by atoms with Crippen LogP contribution in [-0.4, -0.2) is 47.0 Å². The first kappa shape index (κ1) is 24.6. The minimum Gasteiger partial charge on any atom is -0.454 e. The summed E-state index contributed by atoms with van der Waals surface area (Å²) in [4.78, 5) is 64.4. The Morgan fingerprint density at radius 2 is 1.66 bits per heavy atom. The lowest BCUT2D eigenvalue weighted by Crippen LogP contribution is -2.45. The number of carbonyl (C=O) groups excluding carboxylic acids is 5. The van der Waals surface area contributed by atoms with Crippen LogP contribution in [0.4, 0.5) is 5.69 Å². The number of fused-ring (bicyclic) bond motifs is 1. The van der Waals surface area contributed by atoms with Crippen LogP contribution >= 0.6 is 11.6 Å². The molecule has 0 aromatic heterocycles. The normalized spacial score (nSPS) is 20.2. The van der Waals surface area contributed by atoms with Crippen molar-refractivity contribution in [2.24, 2.45) is 11.8 Å². The van der Waals surface area contributed by atoms with Crippen LogP contribution in [0.15, 0.2) is 48.5 Å². The number of hydrogen-bond donors (Lipinski definition) is 1. The number of likely N-dealkylation sites (tertiary alicyclic amines) is 1. The molecular formula is C26H25ClN2O6. The predicted octanol–water partition coefficient (Wildman–Crippen LogP) is 3.62. The van der Waals surface area contributed by atoms with E-state index in [9.17, 15) is 24.0 Å². The fraction of sp³-hybridized carbons (Fsp3) is 0.346. The van der Waals surface area contributed by atoms with Crippen LogP contribution < -0.4 is 5.32 Å². The number of ketones is 1. The Morgan fingerprint density at radius 1 is 1.03 bits per heavy atom. The Hall–Kier alpha value is -3.52. The van der Waals surface area contributed by atoms with E-state index in [0.29, 0.717) is 23.4 Å². The van der Waals surface area contributed by atoms with Crippen molar-refractivity contribution in [1.29, 1.82) is 0 Å². The summed E-state index contributed by atoms with van der Waals surface area (Å²) < 4.78 is 5.10. The van der Waals surface area contributed by atoms with E-state index >= 15 is 0 Å². The quantitative estimate of drug-likeness (QED) is 0.356. The van der Waals surface area contributed by atoms with E-state index in [4.69, 9.17) is 16.3 Å². The third-order valence-corrected chi connectivity index (χ3v) is 6.72. The van der Waals surface area contributed by atoms with Gasteiger partial charge in [-0.25, -0.2) is 4.79 Å². The molecule has 1 saturated heterocycles. The maximum Gasteiger partial charge on any atom is 0.329 e. The Labute approximate surface area is 207 Å². The molecular weight excluding hydrogens is 472 g/mol. The molecule has 4 rings (SSSR count). The van der Waals surface area contributed by atoms with Crippen LogP contribution in [0.3, 0.4) is 0 Å². The number of nitrogens with one attached hydrogen (secondary N) is 1. The van der Waals surface area contributed by atoms with Crippen molar-refractivity contribution in [3.05, 3.63) is 64.7 Å². The number of nitrogens with zero attached hydrogens (tertiary/aromatic N) is 1. The summed E-state index contributed by atoms with van der Waals surface area (Å²) in [5.74, 6) is -3.31. The van der Waals surface area contributed by atoms with Crippen LogP contribution in [0.25, 0.3) is 0 Å². The van der Waals surface area contributed by atoms with Gasteiger partial charge in [0.2, 0.25) is 11.8 Å². The average molecular weight is 497 g/mol. The van der Waals surface area contributed by atoms with Gasteiger partial charge in [-0.3, -0.25) is 24.1 Å². The van der Waals surface area contributed by atoms with E-state index in [2.05, 4.69) is 5.32 Å². The van der Waals surface area contributed by atoms with E-state index in [1.54, 1.807) is 30.3 Å². The number of carbonyl (C=O) groups is 5. The van der Waals surface area contributed by atoms with Crippen molar-refractivity contribution in [2.45, 2.75) is 38.6 Å². The van der Waals surface area contributed by atoms with Gasteiger partial charge in [0.1, 0.15) is 6.04 Å². The molecule has 2 aliphatic rings. The van der Waals surface area contributed by atoms with Crippen molar-refractivity contribution in [3.8, 4) is 0 Å². The number of halogens is 1. The van der Waals surface area contributed by atoms with Crippen molar-refractivity contribution in [3.63, 3.8) is 0 Å². The Morgan fingerprint density at radius 3 is 2.29 bits per heavy atom. The first-order valence-electron chi connectivity index (χ1n) is 11.5. The van der Waals surface area contributed by atoms with E-state index in [-0.39, 0.29) is 40.7 Å². The molecule has 35 heavy (non-hydrogen) atoms. The SMILES string of the molecule is CC(C(=O)OCC(=O)Nc1ccc(Cl)cc1C(=O)c1ccccc1)N1C(=O)C2CCCCC2C1=O. The summed E-state index contributed by atoms with van der Waals surface area (Å²) in [5, 5.41) is 2.89. The summed E-state index contributed by atoms with van der Waals surface area (Å²) in [5.41, 5.74) is 0.824. The molecule has 0 spiro atoms. The number of rotatable bonds is 7. The highest BCUT2D eigenvalue weighted by Gasteiger charge is 2.51. The highest BCUT2D eigenvalue weighted by molar-refractivity contribution is 6.31. The lowest BCUT2D eigenvalue weighted by atomic mass is 9.81. The van der Waals surface area contributed by atoms with Gasteiger partial charge >= 0.3 is 5.97 Å². The van der Waals surface area contributed by atoms with Gasteiger partial charge in [0.05, 0.1) is 17.5 Å². The molecule has 0 bridgehead atoms. The second-order valence-electron chi connectivity index (χ2n) is 8.76. The summed E-state index contributed by atoms with van der Waals surface area (Å²) in [6.45, 7) is 0.775. The fourth-order valence-corrected chi connectivity index (χ4v) is 4.85. The molecule has 1 aliphatic heterocycles. The molecule has 0 radical (unpaired) electrons. The average Bonchev–Trinajstić information content (AvgIpc) is 3.13. The number of anilines is 1. The monoisotopic (exact) mass is 496 g/mol. The van der Waals surface area contributed by atoms with E-state index in [1.165, 1.54) is 25.1 Å². The summed E-state index contributed by atoms with van der Waals surface area (Å²) >= 11 is 6.06. The van der Waals surface area contributed by atoms with Crippen molar-refractivity contribution < 1.29 is 28.7 Å². The second kappa shape index (κ2) is 10.4. The van der Waals surface area contributed by atoms with E-state index in [1.807, 2.05) is 0 Å².